The van der Waals surface area contributed by atoms with Gasteiger partial charge in [0.1, 0.15) is 28.5 Å². The molecule has 2 aromatic carbocycles. The number of fused-ring (bicyclic) bond motifs is 2. The zero-order chi connectivity index (χ0) is 27.1. The van der Waals surface area contributed by atoms with Crippen molar-refractivity contribution in [2.75, 3.05) is 7.11 Å². The van der Waals surface area contributed by atoms with Crippen LogP contribution in [-0.2, 0) is 0 Å². The zero-order valence-corrected chi connectivity index (χ0v) is 22.1. The number of aromatic nitrogens is 5. The highest BCUT2D eigenvalue weighted by atomic mass is 19.1. The molecule has 40 heavy (non-hydrogen) atoms. The summed E-state index contributed by atoms with van der Waals surface area (Å²) >= 11 is 0. The third kappa shape index (κ3) is 4.55. The van der Waals surface area contributed by atoms with Gasteiger partial charge in [-0.3, -0.25) is 10.1 Å². The summed E-state index contributed by atoms with van der Waals surface area (Å²) in [6, 6.07) is 18.6. The van der Waals surface area contributed by atoms with Gasteiger partial charge in [-0.25, -0.2) is 9.37 Å². The van der Waals surface area contributed by atoms with Crippen molar-refractivity contribution in [3.63, 3.8) is 0 Å². The van der Waals surface area contributed by atoms with Gasteiger partial charge in [-0.1, -0.05) is 18.6 Å². The predicted molar refractivity (Wildman–Crippen MR) is 154 cm³/mol. The van der Waals surface area contributed by atoms with E-state index in [9.17, 15) is 4.39 Å². The maximum Gasteiger partial charge on any atom is 0.138 e. The Hall–Kier alpha value is -4.72. The third-order valence-corrected chi connectivity index (χ3v) is 7.61. The second-order valence-electron chi connectivity index (χ2n) is 10.3. The Balaban J connectivity index is 1.26. The molecular formula is C32H28FN5O2. The van der Waals surface area contributed by atoms with E-state index in [4.69, 9.17) is 14.5 Å². The Morgan fingerprint density at radius 3 is 2.62 bits per heavy atom. The summed E-state index contributed by atoms with van der Waals surface area (Å²) in [5, 5.41) is 8.65. The van der Waals surface area contributed by atoms with Gasteiger partial charge in [-0.15, -0.1) is 0 Å². The molecule has 0 bridgehead atoms. The van der Waals surface area contributed by atoms with E-state index in [2.05, 4.69) is 20.2 Å². The summed E-state index contributed by atoms with van der Waals surface area (Å²) in [5.74, 6) is 0.899. The number of ether oxygens (including phenoxy) is 2. The average Bonchev–Trinajstić information content (AvgIpc) is 3.61. The summed E-state index contributed by atoms with van der Waals surface area (Å²) < 4.78 is 25.8. The Morgan fingerprint density at radius 1 is 0.875 bits per heavy atom. The number of aromatic amines is 2. The summed E-state index contributed by atoms with van der Waals surface area (Å²) in [6.07, 6.45) is 9.72. The topological polar surface area (TPSA) is 88.7 Å². The Kier molecular flexibility index (Phi) is 6.15. The monoisotopic (exact) mass is 533 g/mol. The number of methoxy groups -OCH3 is 1. The third-order valence-electron chi connectivity index (χ3n) is 7.61. The lowest BCUT2D eigenvalue weighted by Crippen LogP contribution is -2.19. The molecule has 2 N–H and O–H groups in total. The first-order valence-electron chi connectivity index (χ1n) is 13.6. The highest BCUT2D eigenvalue weighted by Crippen LogP contribution is 2.36. The van der Waals surface area contributed by atoms with E-state index < -0.39 is 0 Å². The lowest BCUT2D eigenvalue weighted by Gasteiger charge is -2.22. The first-order chi connectivity index (χ1) is 19.6. The minimum absolute atomic E-state index is 0.252. The number of nitrogens with one attached hydrogen (secondary N) is 2. The summed E-state index contributed by atoms with van der Waals surface area (Å²) in [5.41, 5.74) is 7.33. The molecule has 1 saturated carbocycles. The molecular weight excluding hydrogens is 505 g/mol. The van der Waals surface area contributed by atoms with Gasteiger partial charge in [0.25, 0.3) is 0 Å². The Morgan fingerprint density at radius 2 is 1.75 bits per heavy atom. The van der Waals surface area contributed by atoms with Gasteiger partial charge in [0.2, 0.25) is 0 Å². The van der Waals surface area contributed by atoms with E-state index in [0.29, 0.717) is 11.4 Å². The lowest BCUT2D eigenvalue weighted by molar-refractivity contribution is 0.154. The maximum atomic E-state index is 14.3. The van der Waals surface area contributed by atoms with Crippen LogP contribution in [0.15, 0.2) is 73.1 Å². The number of H-pyrrole nitrogens is 2. The van der Waals surface area contributed by atoms with Crippen molar-refractivity contribution in [2.45, 2.75) is 38.2 Å². The van der Waals surface area contributed by atoms with Crippen LogP contribution in [0.3, 0.4) is 0 Å². The SMILES string of the molecule is COc1cc(F)cc(-c2cccc3[nH]c(-c4n[nH]c5ccc(-c6cncc(OC7CCCCC7)c6)nc45)cc23)c1. The fourth-order valence-corrected chi connectivity index (χ4v) is 5.62. The van der Waals surface area contributed by atoms with Crippen LogP contribution in [0.4, 0.5) is 4.39 Å². The molecule has 0 amide bonds. The number of hydrogen-bond acceptors (Lipinski definition) is 5. The molecule has 6 aromatic rings. The van der Waals surface area contributed by atoms with Crippen LogP contribution >= 0.6 is 0 Å². The number of benzene rings is 2. The van der Waals surface area contributed by atoms with Gasteiger partial charge in [-0.05, 0) is 79.3 Å². The van der Waals surface area contributed by atoms with Crippen molar-refractivity contribution in [2.24, 2.45) is 0 Å². The van der Waals surface area contributed by atoms with Crippen LogP contribution in [0.2, 0.25) is 0 Å². The molecule has 8 heteroatoms. The molecule has 0 aliphatic heterocycles. The van der Waals surface area contributed by atoms with Crippen molar-refractivity contribution in [1.82, 2.24) is 25.1 Å². The average molecular weight is 534 g/mol. The van der Waals surface area contributed by atoms with Crippen molar-refractivity contribution < 1.29 is 13.9 Å². The largest absolute Gasteiger partial charge is 0.497 e. The van der Waals surface area contributed by atoms with E-state index >= 15 is 0 Å². The number of halogens is 1. The van der Waals surface area contributed by atoms with Crippen molar-refractivity contribution in [3.05, 3.63) is 78.9 Å². The lowest BCUT2D eigenvalue weighted by atomic mass is 9.98. The molecule has 7 nitrogen and oxygen atoms in total. The fourth-order valence-electron chi connectivity index (χ4n) is 5.62. The summed E-state index contributed by atoms with van der Waals surface area (Å²) in [6.45, 7) is 0. The van der Waals surface area contributed by atoms with E-state index in [1.807, 2.05) is 54.7 Å². The van der Waals surface area contributed by atoms with E-state index in [0.717, 1.165) is 68.6 Å². The highest BCUT2D eigenvalue weighted by molar-refractivity contribution is 6.00. The molecule has 0 unspecified atom stereocenters. The van der Waals surface area contributed by atoms with Crippen molar-refractivity contribution in [3.8, 4) is 45.3 Å². The summed E-state index contributed by atoms with van der Waals surface area (Å²) in [4.78, 5) is 12.9. The predicted octanol–water partition coefficient (Wildman–Crippen LogP) is 7.69. The second kappa shape index (κ2) is 10.1. The summed E-state index contributed by atoms with van der Waals surface area (Å²) in [7, 11) is 1.54. The van der Waals surface area contributed by atoms with Gasteiger partial charge in [0, 0.05) is 28.7 Å². The molecule has 1 aliphatic carbocycles. The van der Waals surface area contributed by atoms with Crippen molar-refractivity contribution in [1.29, 1.82) is 0 Å². The van der Waals surface area contributed by atoms with Crippen LogP contribution in [0.1, 0.15) is 32.1 Å². The molecule has 7 rings (SSSR count). The molecule has 200 valence electrons. The molecule has 4 heterocycles. The maximum absolute atomic E-state index is 14.3. The van der Waals surface area contributed by atoms with Gasteiger partial charge in [0.05, 0.1) is 36.3 Å². The molecule has 1 fully saturated rings. The number of rotatable bonds is 6. The second-order valence-corrected chi connectivity index (χ2v) is 10.3. The van der Waals surface area contributed by atoms with E-state index in [-0.39, 0.29) is 11.9 Å². The van der Waals surface area contributed by atoms with E-state index in [1.165, 1.54) is 38.5 Å². The zero-order valence-electron chi connectivity index (χ0n) is 22.1. The van der Waals surface area contributed by atoms with Crippen LogP contribution in [0.25, 0.3) is 55.7 Å². The highest BCUT2D eigenvalue weighted by Gasteiger charge is 2.18. The van der Waals surface area contributed by atoms with Crippen LogP contribution in [-0.4, -0.2) is 38.4 Å². The van der Waals surface area contributed by atoms with Gasteiger partial charge in [0.15, 0.2) is 0 Å². The normalized spacial score (nSPS) is 14.2. The minimum atomic E-state index is -0.347. The Labute approximate surface area is 230 Å². The van der Waals surface area contributed by atoms with Gasteiger partial charge in [-0.2, -0.15) is 5.10 Å². The molecule has 4 aromatic heterocycles. The molecule has 0 atom stereocenters. The molecule has 0 radical (unpaired) electrons. The van der Waals surface area contributed by atoms with Gasteiger partial charge < -0.3 is 14.5 Å². The van der Waals surface area contributed by atoms with E-state index in [1.54, 1.807) is 6.20 Å². The van der Waals surface area contributed by atoms with Gasteiger partial charge >= 0.3 is 0 Å². The first kappa shape index (κ1) is 24.3. The smallest absolute Gasteiger partial charge is 0.138 e. The molecule has 0 saturated heterocycles. The quantitative estimate of drug-likeness (QED) is 0.229. The molecule has 0 spiro atoms. The number of nitrogens with zero attached hydrogens (tertiary/aromatic N) is 3. The molecule has 1 aliphatic rings. The standard InChI is InChI=1S/C32H28FN5O2/c1-39-23-13-19(12-21(33)15-23)25-8-5-9-28-26(25)16-30(35-28)32-31-29(37-38-32)11-10-27(36-31)20-14-24(18-34-17-20)40-22-6-3-2-4-7-22/h5,8-18,22,35H,2-4,6-7H2,1H3,(H,37,38). The number of pyridine rings is 2. The Bertz CT molecular complexity index is 1840. The minimum Gasteiger partial charge on any atom is -0.497 e. The van der Waals surface area contributed by atoms with Crippen LogP contribution < -0.4 is 9.47 Å². The van der Waals surface area contributed by atoms with Crippen LogP contribution in [0, 0.1) is 5.82 Å². The fraction of sp³-hybridized carbons (Fsp3) is 0.219. The first-order valence-corrected chi connectivity index (χ1v) is 13.6. The van der Waals surface area contributed by atoms with Crippen molar-refractivity contribution >= 4 is 21.9 Å². The van der Waals surface area contributed by atoms with Crippen LogP contribution in [0.5, 0.6) is 11.5 Å². The number of hydrogen-bond donors (Lipinski definition) is 2.